The molecule has 1 atom stereocenters. The van der Waals surface area contributed by atoms with Crippen molar-refractivity contribution in [3.8, 4) is 0 Å². The van der Waals surface area contributed by atoms with E-state index in [9.17, 15) is 0 Å². The molecular formula is C15H20ClN3O. The minimum atomic E-state index is -0.0742. The van der Waals surface area contributed by atoms with E-state index in [1.54, 1.807) is 0 Å². The number of aryl methyl sites for hydroxylation is 2. The maximum absolute atomic E-state index is 5.95. The first-order chi connectivity index (χ1) is 9.65. The van der Waals surface area contributed by atoms with Crippen molar-refractivity contribution in [2.75, 3.05) is 19.1 Å². The van der Waals surface area contributed by atoms with Crippen molar-refractivity contribution in [2.45, 2.75) is 38.6 Å². The first kappa shape index (κ1) is 13.8. The molecule has 3 heterocycles. The first-order valence-corrected chi connectivity index (χ1v) is 7.66. The molecule has 5 heteroatoms. The molecule has 0 N–H and O–H groups in total. The monoisotopic (exact) mass is 293 g/mol. The zero-order chi connectivity index (χ0) is 14.2. The summed E-state index contributed by atoms with van der Waals surface area (Å²) >= 11 is 5.95. The number of imidazole rings is 1. The molecule has 1 aliphatic heterocycles. The topological polar surface area (TPSA) is 39.9 Å². The fourth-order valence-electron chi connectivity index (χ4n) is 3.05. The van der Waals surface area contributed by atoms with Gasteiger partial charge in [0.15, 0.2) is 5.65 Å². The third-order valence-electron chi connectivity index (χ3n) is 4.09. The summed E-state index contributed by atoms with van der Waals surface area (Å²) in [4.78, 5) is 9.35. The number of hydrogen-bond donors (Lipinski definition) is 0. The summed E-state index contributed by atoms with van der Waals surface area (Å²) in [5.41, 5.74) is 3.03. The molecule has 20 heavy (non-hydrogen) atoms. The van der Waals surface area contributed by atoms with Crippen LogP contribution >= 0.6 is 11.6 Å². The fourth-order valence-corrected chi connectivity index (χ4v) is 3.22. The molecule has 0 radical (unpaired) electrons. The second kappa shape index (κ2) is 5.34. The highest BCUT2D eigenvalue weighted by atomic mass is 35.5. The molecule has 1 aliphatic rings. The average Bonchev–Trinajstić information content (AvgIpc) is 2.80. The van der Waals surface area contributed by atoms with E-state index in [4.69, 9.17) is 21.3 Å². The summed E-state index contributed by atoms with van der Waals surface area (Å²) in [5.74, 6) is 1.59. The maximum atomic E-state index is 5.95. The zero-order valence-electron chi connectivity index (χ0n) is 12.0. The third-order valence-corrected chi connectivity index (χ3v) is 4.28. The normalized spacial score (nSPS) is 23.4. The standard InChI is InChI=1S/C15H20ClN3O/c1-11-5-8-17-14-13(11)18-12(4-7-16)19(14)15(2)6-3-9-20-10-15/h5,8H,3-4,6-7,9-10H2,1-2H3. The van der Waals surface area contributed by atoms with Crippen molar-refractivity contribution >= 4 is 22.8 Å². The highest BCUT2D eigenvalue weighted by Gasteiger charge is 2.33. The van der Waals surface area contributed by atoms with Crippen molar-refractivity contribution in [3.05, 3.63) is 23.7 Å². The molecule has 4 nitrogen and oxygen atoms in total. The van der Waals surface area contributed by atoms with Gasteiger partial charge in [0.05, 0.1) is 12.1 Å². The van der Waals surface area contributed by atoms with Crippen LogP contribution in [0.15, 0.2) is 12.3 Å². The number of fused-ring (bicyclic) bond motifs is 1. The predicted octanol–water partition coefficient (Wildman–Crippen LogP) is 3.05. The summed E-state index contributed by atoms with van der Waals surface area (Å²) in [6.07, 6.45) is 4.77. The lowest BCUT2D eigenvalue weighted by Crippen LogP contribution is -2.40. The van der Waals surface area contributed by atoms with Gasteiger partial charge in [-0.2, -0.15) is 0 Å². The van der Waals surface area contributed by atoms with Crippen molar-refractivity contribution < 1.29 is 4.74 Å². The van der Waals surface area contributed by atoms with E-state index in [1.165, 1.54) is 0 Å². The van der Waals surface area contributed by atoms with Gasteiger partial charge in [0.25, 0.3) is 0 Å². The summed E-state index contributed by atoms with van der Waals surface area (Å²) < 4.78 is 7.97. The second-order valence-electron chi connectivity index (χ2n) is 5.76. The first-order valence-electron chi connectivity index (χ1n) is 7.13. The predicted molar refractivity (Wildman–Crippen MR) is 80.4 cm³/mol. The van der Waals surface area contributed by atoms with Crippen molar-refractivity contribution in [2.24, 2.45) is 0 Å². The van der Waals surface area contributed by atoms with Crippen LogP contribution in [0.3, 0.4) is 0 Å². The van der Waals surface area contributed by atoms with E-state index in [0.717, 1.165) is 48.4 Å². The highest BCUT2D eigenvalue weighted by molar-refractivity contribution is 6.17. The lowest BCUT2D eigenvalue weighted by molar-refractivity contribution is 0.00997. The van der Waals surface area contributed by atoms with Gasteiger partial charge in [0.2, 0.25) is 0 Å². The van der Waals surface area contributed by atoms with E-state index in [1.807, 2.05) is 12.3 Å². The number of rotatable bonds is 3. The van der Waals surface area contributed by atoms with Crippen LogP contribution in [0, 0.1) is 6.92 Å². The zero-order valence-corrected chi connectivity index (χ0v) is 12.8. The van der Waals surface area contributed by atoms with E-state index < -0.39 is 0 Å². The van der Waals surface area contributed by atoms with Gasteiger partial charge in [-0.3, -0.25) is 0 Å². The summed E-state index contributed by atoms with van der Waals surface area (Å²) in [5, 5.41) is 0. The van der Waals surface area contributed by atoms with Gasteiger partial charge < -0.3 is 9.30 Å². The van der Waals surface area contributed by atoms with E-state index in [0.29, 0.717) is 12.5 Å². The van der Waals surface area contributed by atoms with Crippen LogP contribution in [0.1, 0.15) is 31.2 Å². The Hall–Kier alpha value is -1.13. The van der Waals surface area contributed by atoms with Crippen molar-refractivity contribution in [1.82, 2.24) is 14.5 Å². The molecule has 1 saturated heterocycles. The van der Waals surface area contributed by atoms with E-state index >= 15 is 0 Å². The van der Waals surface area contributed by atoms with Crippen LogP contribution in [0.5, 0.6) is 0 Å². The van der Waals surface area contributed by atoms with Crippen LogP contribution in [0.25, 0.3) is 11.2 Å². The number of pyridine rings is 1. The molecule has 3 rings (SSSR count). The highest BCUT2D eigenvalue weighted by Crippen LogP contribution is 2.32. The number of alkyl halides is 1. The Labute approximate surface area is 124 Å². The quantitative estimate of drug-likeness (QED) is 0.817. The van der Waals surface area contributed by atoms with E-state index in [2.05, 4.69) is 23.4 Å². The largest absolute Gasteiger partial charge is 0.379 e. The Balaban J connectivity index is 2.20. The van der Waals surface area contributed by atoms with Gasteiger partial charge in [-0.15, -0.1) is 11.6 Å². The smallest absolute Gasteiger partial charge is 0.160 e. The molecular weight excluding hydrogens is 274 g/mol. The fraction of sp³-hybridized carbons (Fsp3) is 0.600. The SMILES string of the molecule is Cc1ccnc2c1nc(CCCl)n2C1(C)CCCOC1. The van der Waals surface area contributed by atoms with Gasteiger partial charge in [0.1, 0.15) is 11.3 Å². The van der Waals surface area contributed by atoms with Crippen LogP contribution in [-0.2, 0) is 16.7 Å². The molecule has 0 spiro atoms. The minimum Gasteiger partial charge on any atom is -0.379 e. The summed E-state index contributed by atoms with van der Waals surface area (Å²) in [6.45, 7) is 5.86. The van der Waals surface area contributed by atoms with Gasteiger partial charge in [0, 0.05) is 25.1 Å². The molecule has 0 bridgehead atoms. The van der Waals surface area contributed by atoms with Crippen molar-refractivity contribution in [3.63, 3.8) is 0 Å². The second-order valence-corrected chi connectivity index (χ2v) is 6.13. The Bertz CT molecular complexity index is 617. The maximum Gasteiger partial charge on any atom is 0.160 e. The molecule has 2 aromatic rings. The Morgan fingerprint density at radius 2 is 2.35 bits per heavy atom. The number of aromatic nitrogens is 3. The molecule has 108 valence electrons. The molecule has 1 unspecified atom stereocenters. The van der Waals surface area contributed by atoms with Crippen LogP contribution in [0.2, 0.25) is 0 Å². The summed E-state index contributed by atoms with van der Waals surface area (Å²) in [6, 6.07) is 2.00. The Morgan fingerprint density at radius 3 is 3.05 bits per heavy atom. The molecule has 0 amide bonds. The van der Waals surface area contributed by atoms with Crippen molar-refractivity contribution in [1.29, 1.82) is 0 Å². The van der Waals surface area contributed by atoms with Crippen LogP contribution in [0.4, 0.5) is 0 Å². The van der Waals surface area contributed by atoms with E-state index in [-0.39, 0.29) is 5.54 Å². The van der Waals surface area contributed by atoms with Gasteiger partial charge >= 0.3 is 0 Å². The number of halogens is 1. The summed E-state index contributed by atoms with van der Waals surface area (Å²) in [7, 11) is 0. The van der Waals surface area contributed by atoms with Gasteiger partial charge in [-0.05, 0) is 38.3 Å². The lowest BCUT2D eigenvalue weighted by Gasteiger charge is -2.36. The van der Waals surface area contributed by atoms with Crippen LogP contribution < -0.4 is 0 Å². The molecule has 0 aliphatic carbocycles. The number of ether oxygens (including phenoxy) is 1. The third kappa shape index (κ3) is 2.21. The average molecular weight is 294 g/mol. The molecule has 0 saturated carbocycles. The Kier molecular flexibility index (Phi) is 3.69. The van der Waals surface area contributed by atoms with Crippen LogP contribution in [-0.4, -0.2) is 33.6 Å². The molecule has 1 fully saturated rings. The minimum absolute atomic E-state index is 0.0742. The molecule has 0 aromatic carbocycles. The van der Waals surface area contributed by atoms with Gasteiger partial charge in [-0.25, -0.2) is 9.97 Å². The number of hydrogen-bond acceptors (Lipinski definition) is 3. The number of nitrogens with zero attached hydrogens (tertiary/aromatic N) is 3. The van der Waals surface area contributed by atoms with Gasteiger partial charge in [-0.1, -0.05) is 0 Å². The lowest BCUT2D eigenvalue weighted by atomic mass is 9.94. The molecule has 2 aromatic heterocycles. The Morgan fingerprint density at radius 1 is 1.50 bits per heavy atom.